The lowest BCUT2D eigenvalue weighted by atomic mass is 10.3. The highest BCUT2D eigenvalue weighted by Crippen LogP contribution is 2.33. The molecule has 3 rings (SSSR count). The van der Waals surface area contributed by atoms with E-state index in [-0.39, 0.29) is 20.8 Å². The molecule has 0 atom stereocenters. The van der Waals surface area contributed by atoms with E-state index in [2.05, 4.69) is 10.3 Å². The zero-order chi connectivity index (χ0) is 21.0. The number of nitrogens with zero attached hydrogens (tertiary/aromatic N) is 1. The summed E-state index contributed by atoms with van der Waals surface area (Å²) in [6, 6.07) is 8.15. The molecule has 0 saturated heterocycles. The van der Waals surface area contributed by atoms with Gasteiger partial charge in [0.05, 0.1) is 32.4 Å². The van der Waals surface area contributed by atoms with Crippen LogP contribution in [0.25, 0.3) is 10.2 Å². The van der Waals surface area contributed by atoms with Crippen molar-refractivity contribution in [2.24, 2.45) is 0 Å². The minimum absolute atomic E-state index is 0.173. The Labute approximate surface area is 184 Å². The van der Waals surface area contributed by atoms with E-state index in [1.807, 2.05) is 6.07 Å². The molecule has 29 heavy (non-hydrogen) atoms. The molecular weight excluding hydrogens is 463 g/mol. The molecule has 2 aromatic carbocycles. The van der Waals surface area contributed by atoms with Crippen LogP contribution in [-0.2, 0) is 14.3 Å². The third-order valence-corrected chi connectivity index (χ3v) is 5.48. The lowest BCUT2D eigenvalue weighted by molar-refractivity contribution is -0.149. The van der Waals surface area contributed by atoms with Crippen molar-refractivity contribution in [1.82, 2.24) is 4.98 Å². The van der Waals surface area contributed by atoms with E-state index in [1.54, 1.807) is 19.2 Å². The van der Waals surface area contributed by atoms with Gasteiger partial charge in [0, 0.05) is 6.07 Å². The minimum atomic E-state index is -0.753. The molecule has 1 N–H and O–H groups in total. The van der Waals surface area contributed by atoms with Gasteiger partial charge in [-0.1, -0.05) is 46.1 Å². The SMILES string of the molecule is COc1ccc2nc(NC(=O)COC(=O)COc3cc(Cl)c(Cl)cc3Cl)sc2c1. The maximum Gasteiger partial charge on any atom is 0.344 e. The molecule has 0 saturated carbocycles. The van der Waals surface area contributed by atoms with Crippen LogP contribution in [0.2, 0.25) is 15.1 Å². The summed E-state index contributed by atoms with van der Waals surface area (Å²) >= 11 is 18.9. The van der Waals surface area contributed by atoms with Gasteiger partial charge in [-0.15, -0.1) is 0 Å². The number of aromatic nitrogens is 1. The van der Waals surface area contributed by atoms with Crippen LogP contribution in [0, 0.1) is 0 Å². The highest BCUT2D eigenvalue weighted by molar-refractivity contribution is 7.22. The number of carbonyl (C=O) groups is 2. The van der Waals surface area contributed by atoms with Crippen LogP contribution in [0.5, 0.6) is 11.5 Å². The number of ether oxygens (including phenoxy) is 3. The Balaban J connectivity index is 1.49. The van der Waals surface area contributed by atoms with Crippen molar-refractivity contribution in [2.45, 2.75) is 0 Å². The van der Waals surface area contributed by atoms with Crippen molar-refractivity contribution in [3.63, 3.8) is 0 Å². The molecule has 0 fully saturated rings. The molecule has 0 spiro atoms. The van der Waals surface area contributed by atoms with Crippen LogP contribution >= 0.6 is 46.1 Å². The first-order valence-corrected chi connectivity index (χ1v) is 9.98. The Kier molecular flexibility index (Phi) is 7.02. The molecule has 152 valence electrons. The summed E-state index contributed by atoms with van der Waals surface area (Å²) in [7, 11) is 1.57. The average molecular weight is 476 g/mol. The second-order valence-electron chi connectivity index (χ2n) is 5.55. The molecule has 3 aromatic rings. The van der Waals surface area contributed by atoms with E-state index in [0.717, 1.165) is 10.2 Å². The van der Waals surface area contributed by atoms with Crippen LogP contribution in [0.1, 0.15) is 0 Å². The Morgan fingerprint density at radius 2 is 1.83 bits per heavy atom. The summed E-state index contributed by atoms with van der Waals surface area (Å²) in [5.41, 5.74) is 0.718. The van der Waals surface area contributed by atoms with Gasteiger partial charge < -0.3 is 14.2 Å². The quantitative estimate of drug-likeness (QED) is 0.389. The number of esters is 1. The van der Waals surface area contributed by atoms with Gasteiger partial charge in [-0.3, -0.25) is 10.1 Å². The largest absolute Gasteiger partial charge is 0.497 e. The van der Waals surface area contributed by atoms with E-state index < -0.39 is 25.1 Å². The van der Waals surface area contributed by atoms with Gasteiger partial charge in [-0.05, 0) is 24.3 Å². The standard InChI is InChI=1S/C18H13Cl3N2O5S/c1-26-9-2-3-13-15(4-9)29-18(22-13)23-16(24)7-28-17(25)8-27-14-6-11(20)10(19)5-12(14)21/h2-6H,7-8H2,1H3,(H,22,23,24). The lowest BCUT2D eigenvalue weighted by Gasteiger charge is -2.09. The zero-order valence-corrected chi connectivity index (χ0v) is 17.9. The number of benzene rings is 2. The summed E-state index contributed by atoms with van der Waals surface area (Å²) < 4.78 is 16.1. The smallest absolute Gasteiger partial charge is 0.344 e. The number of hydrogen-bond acceptors (Lipinski definition) is 7. The molecule has 0 aliphatic heterocycles. The van der Waals surface area contributed by atoms with E-state index in [1.165, 1.54) is 23.5 Å². The van der Waals surface area contributed by atoms with Crippen molar-refractivity contribution < 1.29 is 23.8 Å². The normalized spacial score (nSPS) is 10.6. The lowest BCUT2D eigenvalue weighted by Crippen LogP contribution is -2.23. The third kappa shape index (κ3) is 5.63. The molecule has 1 aromatic heterocycles. The number of rotatable bonds is 7. The predicted molar refractivity (Wildman–Crippen MR) is 113 cm³/mol. The second-order valence-corrected chi connectivity index (χ2v) is 7.80. The van der Waals surface area contributed by atoms with E-state index in [0.29, 0.717) is 10.9 Å². The summed E-state index contributed by atoms with van der Waals surface area (Å²) in [5.74, 6) is -0.421. The first-order chi connectivity index (χ1) is 13.9. The van der Waals surface area contributed by atoms with Crippen LogP contribution < -0.4 is 14.8 Å². The van der Waals surface area contributed by atoms with Crippen LogP contribution in [-0.4, -0.2) is 37.2 Å². The summed E-state index contributed by atoms with van der Waals surface area (Å²) in [5, 5.41) is 3.64. The Morgan fingerprint density at radius 3 is 2.59 bits per heavy atom. The van der Waals surface area contributed by atoms with E-state index in [4.69, 9.17) is 49.0 Å². The Hall–Kier alpha value is -2.26. The minimum Gasteiger partial charge on any atom is -0.497 e. The number of halogens is 3. The van der Waals surface area contributed by atoms with Crippen molar-refractivity contribution in [3.05, 3.63) is 45.4 Å². The maximum atomic E-state index is 12.0. The van der Waals surface area contributed by atoms with Crippen LogP contribution in [0.15, 0.2) is 30.3 Å². The predicted octanol–water partition coefficient (Wildman–Crippen LogP) is 4.83. The summed E-state index contributed by atoms with van der Waals surface area (Å²) in [6.45, 7) is -0.942. The first kappa shape index (κ1) is 21.4. The molecule has 11 heteroatoms. The molecule has 0 unspecified atom stereocenters. The van der Waals surface area contributed by atoms with Crippen LogP contribution in [0.4, 0.5) is 5.13 Å². The van der Waals surface area contributed by atoms with E-state index >= 15 is 0 Å². The highest BCUT2D eigenvalue weighted by atomic mass is 35.5. The number of hydrogen-bond donors (Lipinski definition) is 1. The van der Waals surface area contributed by atoms with Crippen molar-refractivity contribution in [1.29, 1.82) is 0 Å². The van der Waals surface area contributed by atoms with Gasteiger partial charge in [0.1, 0.15) is 11.5 Å². The van der Waals surface area contributed by atoms with Crippen LogP contribution in [0.3, 0.4) is 0 Å². The fraction of sp³-hybridized carbons (Fsp3) is 0.167. The monoisotopic (exact) mass is 474 g/mol. The number of carbonyl (C=O) groups excluding carboxylic acids is 2. The van der Waals surface area contributed by atoms with E-state index in [9.17, 15) is 9.59 Å². The molecule has 0 radical (unpaired) electrons. The van der Waals surface area contributed by atoms with Gasteiger partial charge in [0.15, 0.2) is 18.3 Å². The topological polar surface area (TPSA) is 86.8 Å². The second kappa shape index (κ2) is 9.49. The van der Waals surface area contributed by atoms with Gasteiger partial charge in [0.25, 0.3) is 5.91 Å². The average Bonchev–Trinajstić information content (AvgIpc) is 3.09. The molecule has 0 aliphatic carbocycles. The van der Waals surface area contributed by atoms with Crippen molar-refractivity contribution in [2.75, 3.05) is 25.6 Å². The maximum absolute atomic E-state index is 12.0. The molecule has 0 aliphatic rings. The number of amides is 1. The molecule has 1 amide bonds. The highest BCUT2D eigenvalue weighted by Gasteiger charge is 2.13. The van der Waals surface area contributed by atoms with Gasteiger partial charge >= 0.3 is 5.97 Å². The molecular formula is C18H13Cl3N2O5S. The number of anilines is 1. The summed E-state index contributed by atoms with van der Waals surface area (Å²) in [4.78, 5) is 28.1. The third-order valence-electron chi connectivity index (χ3n) is 3.53. The number of nitrogens with one attached hydrogen (secondary N) is 1. The Bertz CT molecular complexity index is 1070. The number of methoxy groups -OCH3 is 1. The first-order valence-electron chi connectivity index (χ1n) is 8.03. The van der Waals surface area contributed by atoms with Crippen molar-refractivity contribution >= 4 is 73.4 Å². The van der Waals surface area contributed by atoms with Crippen molar-refractivity contribution in [3.8, 4) is 11.5 Å². The van der Waals surface area contributed by atoms with Gasteiger partial charge in [-0.25, -0.2) is 9.78 Å². The Morgan fingerprint density at radius 1 is 1.07 bits per heavy atom. The zero-order valence-electron chi connectivity index (χ0n) is 14.8. The fourth-order valence-electron chi connectivity index (χ4n) is 2.18. The summed E-state index contributed by atoms with van der Waals surface area (Å²) in [6.07, 6.45) is 0. The molecule has 0 bridgehead atoms. The number of thiazole rings is 1. The molecule has 1 heterocycles. The number of fused-ring (bicyclic) bond motifs is 1. The molecule has 7 nitrogen and oxygen atoms in total. The van der Waals surface area contributed by atoms with Gasteiger partial charge in [-0.2, -0.15) is 0 Å². The van der Waals surface area contributed by atoms with Gasteiger partial charge in [0.2, 0.25) is 0 Å². The fourth-order valence-corrected chi connectivity index (χ4v) is 3.68.